The number of amides is 2. The Morgan fingerprint density at radius 3 is 3.00 bits per heavy atom. The highest BCUT2D eigenvalue weighted by Crippen LogP contribution is 2.35. The zero-order valence-electron chi connectivity index (χ0n) is 15.0. The Hall–Kier alpha value is -2.30. The summed E-state index contributed by atoms with van der Waals surface area (Å²) in [4.78, 5) is 14.7. The molecule has 0 saturated carbocycles. The summed E-state index contributed by atoms with van der Waals surface area (Å²) in [5.41, 5.74) is 3.92. The van der Waals surface area contributed by atoms with Crippen LogP contribution in [0.4, 0.5) is 4.79 Å². The first kappa shape index (κ1) is 16.2. The molecule has 3 atom stereocenters. The number of nitrogens with zero attached hydrogens (tertiary/aromatic N) is 3. The molecule has 1 aliphatic heterocycles. The van der Waals surface area contributed by atoms with Crippen LogP contribution in [0.2, 0.25) is 0 Å². The van der Waals surface area contributed by atoms with E-state index in [1.54, 1.807) is 0 Å². The smallest absolute Gasteiger partial charge is 0.317 e. The fraction of sp³-hybridized carbons (Fsp3) is 0.500. The number of urea groups is 1. The van der Waals surface area contributed by atoms with E-state index >= 15 is 0 Å². The highest BCUT2D eigenvalue weighted by Gasteiger charge is 2.33. The monoisotopic (exact) mass is 338 g/mol. The summed E-state index contributed by atoms with van der Waals surface area (Å²) in [6.07, 6.45) is 7.11. The van der Waals surface area contributed by atoms with Gasteiger partial charge in [-0.1, -0.05) is 31.2 Å². The van der Waals surface area contributed by atoms with Crippen LogP contribution in [0.5, 0.6) is 0 Å². The van der Waals surface area contributed by atoms with Crippen LogP contribution >= 0.6 is 0 Å². The number of aromatic nitrogens is 2. The minimum Gasteiger partial charge on any atom is -0.331 e. The lowest BCUT2D eigenvalue weighted by atomic mass is 10.0. The van der Waals surface area contributed by atoms with E-state index in [4.69, 9.17) is 0 Å². The third-order valence-corrected chi connectivity index (χ3v) is 5.64. The van der Waals surface area contributed by atoms with E-state index < -0.39 is 0 Å². The number of nitrogens with one attached hydrogen (secondary N) is 1. The minimum absolute atomic E-state index is 0.0854. The molecule has 5 nitrogen and oxygen atoms in total. The molecular formula is C20H26N4O. The van der Waals surface area contributed by atoms with Gasteiger partial charge in [0.05, 0.1) is 12.2 Å². The normalized spacial score (nSPS) is 25.2. The Morgan fingerprint density at radius 1 is 1.36 bits per heavy atom. The van der Waals surface area contributed by atoms with E-state index in [9.17, 15) is 4.79 Å². The molecule has 0 radical (unpaired) electrons. The molecule has 1 aromatic carbocycles. The van der Waals surface area contributed by atoms with Gasteiger partial charge in [0, 0.05) is 26.3 Å². The van der Waals surface area contributed by atoms with Crippen molar-refractivity contribution in [2.75, 3.05) is 13.1 Å². The maximum atomic E-state index is 12.8. The summed E-state index contributed by atoms with van der Waals surface area (Å²) in [6.45, 7) is 3.91. The second-order valence-electron chi connectivity index (χ2n) is 7.63. The van der Waals surface area contributed by atoms with Crippen LogP contribution in [0.25, 0.3) is 0 Å². The summed E-state index contributed by atoms with van der Waals surface area (Å²) in [5.74, 6) is 0.985. The number of rotatable bonds is 3. The van der Waals surface area contributed by atoms with Crippen LogP contribution in [0, 0.1) is 11.8 Å². The fourth-order valence-corrected chi connectivity index (χ4v) is 4.33. The Morgan fingerprint density at radius 2 is 2.20 bits per heavy atom. The highest BCUT2D eigenvalue weighted by atomic mass is 16.2. The SMILES string of the molecule is C[C@@H]1Cc2ccccc2[C@@H]1NC(=O)N1CC[C@@H](Cc2cnn(C)c2)C1. The lowest BCUT2D eigenvalue weighted by Gasteiger charge is -2.24. The van der Waals surface area contributed by atoms with Crippen LogP contribution in [-0.2, 0) is 19.9 Å². The summed E-state index contributed by atoms with van der Waals surface area (Å²) in [7, 11) is 1.94. The molecular weight excluding hydrogens is 312 g/mol. The molecule has 5 heteroatoms. The van der Waals surface area contributed by atoms with Gasteiger partial charge in [0.25, 0.3) is 0 Å². The molecule has 2 heterocycles. The topological polar surface area (TPSA) is 50.2 Å². The molecule has 2 aliphatic rings. The molecule has 0 unspecified atom stereocenters. The first-order valence-corrected chi connectivity index (χ1v) is 9.21. The maximum absolute atomic E-state index is 12.8. The fourth-order valence-electron chi connectivity index (χ4n) is 4.33. The average Bonchev–Trinajstić information content (AvgIpc) is 3.29. The predicted molar refractivity (Wildman–Crippen MR) is 97.2 cm³/mol. The molecule has 25 heavy (non-hydrogen) atoms. The van der Waals surface area contributed by atoms with Crippen molar-refractivity contribution < 1.29 is 4.79 Å². The van der Waals surface area contributed by atoms with Crippen LogP contribution in [0.1, 0.15) is 36.1 Å². The Kier molecular flexibility index (Phi) is 4.24. The van der Waals surface area contributed by atoms with E-state index in [1.807, 2.05) is 22.8 Å². The third kappa shape index (κ3) is 3.28. The van der Waals surface area contributed by atoms with Crippen molar-refractivity contribution in [3.8, 4) is 0 Å². The summed E-state index contributed by atoms with van der Waals surface area (Å²) >= 11 is 0. The molecule has 1 saturated heterocycles. The van der Waals surface area contributed by atoms with E-state index in [1.165, 1.54) is 16.7 Å². The van der Waals surface area contributed by atoms with E-state index in [-0.39, 0.29) is 12.1 Å². The van der Waals surface area contributed by atoms with Gasteiger partial charge in [-0.2, -0.15) is 5.10 Å². The number of carbonyl (C=O) groups excluding carboxylic acids is 1. The first-order chi connectivity index (χ1) is 12.1. The van der Waals surface area contributed by atoms with Crippen LogP contribution in [-0.4, -0.2) is 33.8 Å². The van der Waals surface area contributed by atoms with Crippen molar-refractivity contribution in [1.29, 1.82) is 0 Å². The predicted octanol–water partition coefficient (Wildman–Crippen LogP) is 2.93. The second kappa shape index (κ2) is 6.54. The van der Waals surface area contributed by atoms with E-state index in [0.717, 1.165) is 32.4 Å². The van der Waals surface area contributed by atoms with Crippen molar-refractivity contribution in [3.05, 3.63) is 53.3 Å². The molecule has 2 amide bonds. The summed E-state index contributed by atoms with van der Waals surface area (Å²) in [5, 5.41) is 7.52. The molecule has 132 valence electrons. The van der Waals surface area contributed by atoms with Crippen LogP contribution < -0.4 is 5.32 Å². The number of fused-ring (bicyclic) bond motifs is 1. The number of carbonyl (C=O) groups is 1. The van der Waals surface area contributed by atoms with Gasteiger partial charge in [0.15, 0.2) is 0 Å². The maximum Gasteiger partial charge on any atom is 0.317 e. The number of hydrogen-bond acceptors (Lipinski definition) is 2. The first-order valence-electron chi connectivity index (χ1n) is 9.21. The van der Waals surface area contributed by atoms with Gasteiger partial charge >= 0.3 is 6.03 Å². The zero-order chi connectivity index (χ0) is 17.4. The minimum atomic E-state index is 0.0854. The Balaban J connectivity index is 1.36. The summed E-state index contributed by atoms with van der Waals surface area (Å²) < 4.78 is 1.84. The van der Waals surface area contributed by atoms with Crippen LogP contribution in [0.3, 0.4) is 0 Å². The zero-order valence-corrected chi connectivity index (χ0v) is 15.0. The van der Waals surface area contributed by atoms with Gasteiger partial charge in [-0.3, -0.25) is 4.68 Å². The van der Waals surface area contributed by atoms with Crippen LogP contribution in [0.15, 0.2) is 36.7 Å². The second-order valence-corrected chi connectivity index (χ2v) is 7.63. The molecule has 1 fully saturated rings. The van der Waals surface area contributed by atoms with E-state index in [2.05, 4.69) is 47.8 Å². The quantitative estimate of drug-likeness (QED) is 0.935. The molecule has 1 aliphatic carbocycles. The van der Waals surface area contributed by atoms with E-state index in [0.29, 0.717) is 11.8 Å². The van der Waals surface area contributed by atoms with Gasteiger partial charge in [-0.25, -0.2) is 4.79 Å². The summed E-state index contributed by atoms with van der Waals surface area (Å²) in [6, 6.07) is 8.70. The molecule has 0 bridgehead atoms. The largest absolute Gasteiger partial charge is 0.331 e. The van der Waals surface area contributed by atoms with Gasteiger partial charge in [-0.15, -0.1) is 0 Å². The van der Waals surface area contributed by atoms with Crippen molar-refractivity contribution in [3.63, 3.8) is 0 Å². The number of benzene rings is 1. The van der Waals surface area contributed by atoms with Gasteiger partial charge in [0.2, 0.25) is 0 Å². The number of hydrogen-bond donors (Lipinski definition) is 1. The number of likely N-dealkylation sites (tertiary alicyclic amines) is 1. The van der Waals surface area contributed by atoms with Crippen molar-refractivity contribution in [2.45, 2.75) is 32.2 Å². The van der Waals surface area contributed by atoms with Crippen molar-refractivity contribution in [2.24, 2.45) is 18.9 Å². The third-order valence-electron chi connectivity index (χ3n) is 5.64. The van der Waals surface area contributed by atoms with Crippen molar-refractivity contribution in [1.82, 2.24) is 20.0 Å². The standard InChI is InChI=1S/C20H26N4O/c1-14-9-17-5-3-4-6-18(17)19(14)22-20(25)24-8-7-15(13-24)10-16-11-21-23(2)12-16/h3-6,11-12,14-15,19H,7-10,13H2,1-2H3,(H,22,25)/t14-,15+,19-/m1/s1. The lowest BCUT2D eigenvalue weighted by Crippen LogP contribution is -2.41. The Labute approximate surface area is 149 Å². The van der Waals surface area contributed by atoms with Crippen molar-refractivity contribution >= 4 is 6.03 Å². The highest BCUT2D eigenvalue weighted by molar-refractivity contribution is 5.75. The molecule has 2 aromatic rings. The van der Waals surface area contributed by atoms with Gasteiger partial charge in [0.1, 0.15) is 0 Å². The lowest BCUT2D eigenvalue weighted by molar-refractivity contribution is 0.199. The van der Waals surface area contributed by atoms with Gasteiger partial charge < -0.3 is 10.2 Å². The Bertz CT molecular complexity index is 769. The molecule has 1 N–H and O–H groups in total. The van der Waals surface area contributed by atoms with Gasteiger partial charge in [-0.05, 0) is 47.8 Å². The average molecular weight is 338 g/mol. The molecule has 4 rings (SSSR count). The molecule has 0 spiro atoms. The number of aryl methyl sites for hydroxylation is 1. The molecule has 1 aromatic heterocycles.